The molecule has 0 bridgehead atoms. The molecule has 1 heteroatoms. The van der Waals surface area contributed by atoms with E-state index in [1.54, 1.807) is 0 Å². The third kappa shape index (κ3) is 1.51. The minimum Gasteiger partial charge on any atom is -0.328 e. The lowest BCUT2D eigenvalue weighted by atomic mass is 9.87. The number of nitrogens with two attached hydrogens (primary N) is 1. The molecule has 1 aliphatic carbocycles. The lowest BCUT2D eigenvalue weighted by Crippen LogP contribution is -2.16. The Morgan fingerprint density at radius 2 is 1.90 bits per heavy atom. The van der Waals surface area contributed by atoms with Crippen molar-refractivity contribution in [3.63, 3.8) is 0 Å². The van der Waals surface area contributed by atoms with E-state index in [9.17, 15) is 0 Å². The maximum Gasteiger partial charge on any atom is 0.00443 e. The molecule has 3 unspecified atom stereocenters. The fraction of sp³-hybridized carbons (Fsp3) is 1.00. The van der Waals surface area contributed by atoms with Crippen LogP contribution in [0, 0.1) is 17.8 Å². The van der Waals surface area contributed by atoms with E-state index in [4.69, 9.17) is 5.73 Å². The maximum absolute atomic E-state index is 5.85. The van der Waals surface area contributed by atoms with Crippen LogP contribution in [0.5, 0.6) is 0 Å². The molecule has 0 aromatic carbocycles. The van der Waals surface area contributed by atoms with E-state index >= 15 is 0 Å². The van der Waals surface area contributed by atoms with Gasteiger partial charge in [0.2, 0.25) is 0 Å². The van der Waals surface area contributed by atoms with Crippen molar-refractivity contribution in [3.05, 3.63) is 0 Å². The summed E-state index contributed by atoms with van der Waals surface area (Å²) in [7, 11) is 0. The molecule has 1 aliphatic rings. The Hall–Kier alpha value is -0.0400. The second-order valence-corrected chi connectivity index (χ2v) is 4.12. The second kappa shape index (κ2) is 2.91. The van der Waals surface area contributed by atoms with Gasteiger partial charge in [0.25, 0.3) is 0 Å². The third-order valence-corrected chi connectivity index (χ3v) is 2.84. The van der Waals surface area contributed by atoms with Crippen molar-refractivity contribution in [2.24, 2.45) is 23.5 Å². The molecule has 10 heavy (non-hydrogen) atoms. The van der Waals surface area contributed by atoms with Gasteiger partial charge in [-0.15, -0.1) is 0 Å². The van der Waals surface area contributed by atoms with Gasteiger partial charge in [-0.25, -0.2) is 0 Å². The van der Waals surface area contributed by atoms with E-state index in [1.165, 1.54) is 12.8 Å². The van der Waals surface area contributed by atoms with Crippen LogP contribution in [0.3, 0.4) is 0 Å². The van der Waals surface area contributed by atoms with Gasteiger partial charge < -0.3 is 5.73 Å². The lowest BCUT2D eigenvalue weighted by molar-refractivity contribution is 0.314. The quantitative estimate of drug-likeness (QED) is 0.594. The van der Waals surface area contributed by atoms with E-state index in [2.05, 4.69) is 20.8 Å². The van der Waals surface area contributed by atoms with Gasteiger partial charge in [0.15, 0.2) is 0 Å². The predicted molar refractivity (Wildman–Crippen MR) is 44.7 cm³/mol. The van der Waals surface area contributed by atoms with Crippen LogP contribution < -0.4 is 5.73 Å². The first-order valence-electron chi connectivity index (χ1n) is 4.37. The van der Waals surface area contributed by atoms with Gasteiger partial charge >= 0.3 is 0 Å². The summed E-state index contributed by atoms with van der Waals surface area (Å²) in [6.45, 7) is 6.94. The molecule has 60 valence electrons. The lowest BCUT2D eigenvalue weighted by Gasteiger charge is -2.18. The molecule has 1 fully saturated rings. The highest BCUT2D eigenvalue weighted by atomic mass is 14.7. The molecule has 1 nitrogen and oxygen atoms in total. The molecule has 0 aliphatic heterocycles. The highest BCUT2D eigenvalue weighted by Crippen LogP contribution is 2.35. The average Bonchev–Trinajstić information content (AvgIpc) is 2.10. The van der Waals surface area contributed by atoms with E-state index in [-0.39, 0.29) is 0 Å². The molecule has 0 saturated heterocycles. The largest absolute Gasteiger partial charge is 0.328 e. The molecule has 0 aromatic heterocycles. The zero-order valence-corrected chi connectivity index (χ0v) is 7.30. The molecule has 0 heterocycles. The molecule has 3 atom stereocenters. The van der Waals surface area contributed by atoms with Crippen LogP contribution in [0.25, 0.3) is 0 Å². The van der Waals surface area contributed by atoms with Crippen LogP contribution in [0.2, 0.25) is 0 Å². The van der Waals surface area contributed by atoms with Crippen LogP contribution in [0.15, 0.2) is 0 Å². The molecule has 1 saturated carbocycles. The van der Waals surface area contributed by atoms with E-state index < -0.39 is 0 Å². The van der Waals surface area contributed by atoms with Gasteiger partial charge in [-0.3, -0.25) is 0 Å². The summed E-state index contributed by atoms with van der Waals surface area (Å²) in [6, 6.07) is 0.488. The summed E-state index contributed by atoms with van der Waals surface area (Å²) in [5, 5.41) is 0. The second-order valence-electron chi connectivity index (χ2n) is 4.12. The smallest absolute Gasteiger partial charge is 0.00443 e. The highest BCUT2D eigenvalue weighted by Gasteiger charge is 2.30. The van der Waals surface area contributed by atoms with Gasteiger partial charge in [-0.2, -0.15) is 0 Å². The predicted octanol–water partition coefficient (Wildman–Crippen LogP) is 2.02. The normalized spacial score (nSPS) is 41.1. The molecule has 2 N–H and O–H groups in total. The average molecular weight is 141 g/mol. The van der Waals surface area contributed by atoms with Gasteiger partial charge in [0, 0.05) is 6.04 Å². The Kier molecular flexibility index (Phi) is 2.35. The molecule has 0 amide bonds. The van der Waals surface area contributed by atoms with E-state index in [0.29, 0.717) is 6.04 Å². The van der Waals surface area contributed by atoms with E-state index in [0.717, 1.165) is 17.8 Å². The van der Waals surface area contributed by atoms with Crippen LogP contribution in [0.4, 0.5) is 0 Å². The molecule has 0 radical (unpaired) electrons. The first kappa shape index (κ1) is 8.06. The summed E-state index contributed by atoms with van der Waals surface area (Å²) in [4.78, 5) is 0. The third-order valence-electron chi connectivity index (χ3n) is 2.84. The van der Waals surface area contributed by atoms with Crippen molar-refractivity contribution in [2.45, 2.75) is 39.7 Å². The fourth-order valence-electron chi connectivity index (χ4n) is 2.26. The molecular weight excluding hydrogens is 122 g/mol. The zero-order chi connectivity index (χ0) is 7.72. The van der Waals surface area contributed by atoms with Gasteiger partial charge in [-0.05, 0) is 30.6 Å². The van der Waals surface area contributed by atoms with Crippen LogP contribution >= 0.6 is 0 Å². The Bertz CT molecular complexity index is 109. The molecule has 1 rings (SSSR count). The molecule has 0 aromatic rings. The van der Waals surface area contributed by atoms with Crippen molar-refractivity contribution in [1.82, 2.24) is 0 Å². The van der Waals surface area contributed by atoms with Crippen molar-refractivity contribution in [2.75, 3.05) is 0 Å². The van der Waals surface area contributed by atoms with Crippen molar-refractivity contribution in [1.29, 1.82) is 0 Å². The summed E-state index contributed by atoms with van der Waals surface area (Å²) >= 11 is 0. The summed E-state index contributed by atoms with van der Waals surface area (Å²) < 4.78 is 0. The van der Waals surface area contributed by atoms with Crippen LogP contribution in [-0.2, 0) is 0 Å². The van der Waals surface area contributed by atoms with Gasteiger partial charge in [-0.1, -0.05) is 20.8 Å². The standard InChI is InChI=1S/C9H19N/c1-6(2)9-5-8(10)4-7(9)3/h6-9H,4-5,10H2,1-3H3. The first-order valence-corrected chi connectivity index (χ1v) is 4.37. The van der Waals surface area contributed by atoms with Crippen LogP contribution in [0.1, 0.15) is 33.6 Å². The molecule has 0 spiro atoms. The topological polar surface area (TPSA) is 26.0 Å². The molecular formula is C9H19N. The summed E-state index contributed by atoms with van der Waals surface area (Å²) in [6.07, 6.45) is 2.49. The number of hydrogen-bond donors (Lipinski definition) is 1. The highest BCUT2D eigenvalue weighted by molar-refractivity contribution is 4.84. The zero-order valence-electron chi connectivity index (χ0n) is 7.30. The minimum absolute atomic E-state index is 0.488. The monoisotopic (exact) mass is 141 g/mol. The van der Waals surface area contributed by atoms with Crippen molar-refractivity contribution in [3.8, 4) is 0 Å². The van der Waals surface area contributed by atoms with E-state index in [1.807, 2.05) is 0 Å². The first-order chi connectivity index (χ1) is 4.61. The number of hydrogen-bond acceptors (Lipinski definition) is 1. The number of rotatable bonds is 1. The maximum atomic E-state index is 5.85. The Morgan fingerprint density at radius 3 is 2.10 bits per heavy atom. The van der Waals surface area contributed by atoms with Crippen molar-refractivity contribution >= 4 is 0 Å². The van der Waals surface area contributed by atoms with Crippen molar-refractivity contribution < 1.29 is 0 Å². The van der Waals surface area contributed by atoms with Gasteiger partial charge in [0.1, 0.15) is 0 Å². The van der Waals surface area contributed by atoms with Crippen LogP contribution in [-0.4, -0.2) is 6.04 Å². The SMILES string of the molecule is CC(C)C1CC(N)CC1C. The summed E-state index contributed by atoms with van der Waals surface area (Å²) in [5.74, 6) is 2.56. The Morgan fingerprint density at radius 1 is 1.30 bits per heavy atom. The Labute approximate surface area is 64.0 Å². The Balaban J connectivity index is 2.46. The minimum atomic E-state index is 0.488. The summed E-state index contributed by atoms with van der Waals surface area (Å²) in [5.41, 5.74) is 5.85. The fourth-order valence-corrected chi connectivity index (χ4v) is 2.26. The van der Waals surface area contributed by atoms with Gasteiger partial charge in [0.05, 0.1) is 0 Å².